The zero-order chi connectivity index (χ0) is 22.6. The van der Waals surface area contributed by atoms with E-state index in [9.17, 15) is 0 Å². The Labute approximate surface area is 196 Å². The van der Waals surface area contributed by atoms with E-state index in [1.807, 2.05) is 18.2 Å². The highest BCUT2D eigenvalue weighted by Crippen LogP contribution is 2.34. The van der Waals surface area contributed by atoms with Gasteiger partial charge in [-0.1, -0.05) is 91.8 Å². The fourth-order valence-electron chi connectivity index (χ4n) is 5.42. The number of hydrogen-bond donors (Lipinski definition) is 1. The number of fused-ring (bicyclic) bond motifs is 1. The van der Waals surface area contributed by atoms with E-state index in [-0.39, 0.29) is 0 Å². The maximum atomic E-state index is 6.04. The predicted octanol–water partition coefficient (Wildman–Crippen LogP) is 6.53. The minimum absolute atomic E-state index is 0.355. The minimum Gasteiger partial charge on any atom is -0.338 e. The SMILES string of the molecule is CC(C)C(C1CCCNC1)N(Cc1cccc2ccccc12)c1cc(-c2ccccc2)no1. The summed E-state index contributed by atoms with van der Waals surface area (Å²) in [6, 6.07) is 28.0. The van der Waals surface area contributed by atoms with Gasteiger partial charge in [0.25, 0.3) is 0 Å². The van der Waals surface area contributed by atoms with Gasteiger partial charge in [0, 0.05) is 24.2 Å². The Hall–Kier alpha value is -3.11. The highest BCUT2D eigenvalue weighted by Gasteiger charge is 2.33. The molecule has 0 spiro atoms. The summed E-state index contributed by atoms with van der Waals surface area (Å²) in [6.07, 6.45) is 2.46. The molecule has 4 heteroatoms. The molecule has 0 saturated carbocycles. The summed E-state index contributed by atoms with van der Waals surface area (Å²) in [7, 11) is 0. The van der Waals surface area contributed by atoms with E-state index >= 15 is 0 Å². The van der Waals surface area contributed by atoms with Crippen molar-refractivity contribution in [2.45, 2.75) is 39.3 Å². The molecule has 3 aromatic carbocycles. The number of piperidine rings is 1. The van der Waals surface area contributed by atoms with Gasteiger partial charge in [-0.2, -0.15) is 0 Å². The standard InChI is InChI=1S/C29H33N3O/c1-21(2)29(24-15-9-17-30-19-24)32(20-25-14-8-13-22-10-6-7-16-26(22)25)28-18-27(31-33-28)23-11-4-3-5-12-23/h3-8,10-14,16,18,21,24,29-30H,9,15,17,19-20H2,1-2H3. The molecule has 5 rings (SSSR count). The number of rotatable bonds is 7. The van der Waals surface area contributed by atoms with Crippen molar-refractivity contribution in [2.75, 3.05) is 18.0 Å². The summed E-state index contributed by atoms with van der Waals surface area (Å²) in [5, 5.41) is 10.7. The van der Waals surface area contributed by atoms with Crippen molar-refractivity contribution in [3.63, 3.8) is 0 Å². The molecule has 2 unspecified atom stereocenters. The van der Waals surface area contributed by atoms with Crippen molar-refractivity contribution in [3.05, 3.63) is 84.4 Å². The smallest absolute Gasteiger partial charge is 0.228 e. The third kappa shape index (κ3) is 4.67. The number of anilines is 1. The second-order valence-electron chi connectivity index (χ2n) is 9.52. The predicted molar refractivity (Wildman–Crippen MR) is 136 cm³/mol. The van der Waals surface area contributed by atoms with E-state index in [0.717, 1.165) is 36.8 Å². The average molecular weight is 440 g/mol. The highest BCUT2D eigenvalue weighted by molar-refractivity contribution is 5.85. The monoisotopic (exact) mass is 439 g/mol. The van der Waals surface area contributed by atoms with Crippen LogP contribution in [0, 0.1) is 11.8 Å². The van der Waals surface area contributed by atoms with Gasteiger partial charge in [0.15, 0.2) is 0 Å². The van der Waals surface area contributed by atoms with Gasteiger partial charge in [-0.3, -0.25) is 0 Å². The van der Waals surface area contributed by atoms with Crippen LogP contribution in [0.25, 0.3) is 22.0 Å². The molecule has 1 saturated heterocycles. The van der Waals surface area contributed by atoms with Gasteiger partial charge in [-0.25, -0.2) is 0 Å². The topological polar surface area (TPSA) is 41.3 Å². The largest absolute Gasteiger partial charge is 0.338 e. The van der Waals surface area contributed by atoms with Crippen LogP contribution in [0.15, 0.2) is 83.4 Å². The quantitative estimate of drug-likeness (QED) is 0.356. The number of nitrogens with zero attached hydrogens (tertiary/aromatic N) is 2. The van der Waals surface area contributed by atoms with Gasteiger partial charge in [-0.05, 0) is 54.1 Å². The van der Waals surface area contributed by atoms with Gasteiger partial charge < -0.3 is 14.7 Å². The highest BCUT2D eigenvalue weighted by atomic mass is 16.5. The lowest BCUT2D eigenvalue weighted by Crippen LogP contribution is -2.49. The van der Waals surface area contributed by atoms with E-state index < -0.39 is 0 Å². The van der Waals surface area contributed by atoms with Crippen LogP contribution in [0.5, 0.6) is 0 Å². The van der Waals surface area contributed by atoms with Crippen LogP contribution in [0.3, 0.4) is 0 Å². The molecule has 1 aliphatic rings. The van der Waals surface area contributed by atoms with Crippen molar-refractivity contribution in [1.82, 2.24) is 10.5 Å². The first-order valence-corrected chi connectivity index (χ1v) is 12.2. The molecule has 1 fully saturated rings. The lowest BCUT2D eigenvalue weighted by molar-refractivity contribution is 0.251. The molecule has 0 amide bonds. The van der Waals surface area contributed by atoms with Crippen LogP contribution >= 0.6 is 0 Å². The number of hydrogen-bond acceptors (Lipinski definition) is 4. The fraction of sp³-hybridized carbons (Fsp3) is 0.345. The average Bonchev–Trinajstić information content (AvgIpc) is 3.35. The third-order valence-electron chi connectivity index (χ3n) is 6.93. The maximum Gasteiger partial charge on any atom is 0.228 e. The molecule has 0 radical (unpaired) electrons. The lowest BCUT2D eigenvalue weighted by atomic mass is 9.83. The van der Waals surface area contributed by atoms with E-state index in [1.54, 1.807) is 0 Å². The Bertz CT molecular complexity index is 1170. The zero-order valence-corrected chi connectivity index (χ0v) is 19.6. The Morgan fingerprint density at radius 2 is 1.79 bits per heavy atom. The van der Waals surface area contributed by atoms with Gasteiger partial charge in [0.1, 0.15) is 5.69 Å². The van der Waals surface area contributed by atoms with E-state index in [1.165, 1.54) is 29.2 Å². The summed E-state index contributed by atoms with van der Waals surface area (Å²) in [5.74, 6) is 1.90. The molecule has 2 heterocycles. The van der Waals surface area contributed by atoms with Gasteiger partial charge >= 0.3 is 0 Å². The van der Waals surface area contributed by atoms with Crippen LogP contribution in [0.4, 0.5) is 5.88 Å². The number of nitrogens with one attached hydrogen (secondary N) is 1. The van der Waals surface area contributed by atoms with Gasteiger partial charge in [-0.15, -0.1) is 0 Å². The molecule has 0 aliphatic carbocycles. The molecule has 4 aromatic rings. The molecule has 1 aromatic heterocycles. The Balaban J connectivity index is 1.56. The van der Waals surface area contributed by atoms with Crippen LogP contribution in [-0.2, 0) is 6.54 Å². The molecular formula is C29H33N3O. The summed E-state index contributed by atoms with van der Waals surface area (Å²) in [4.78, 5) is 2.48. The summed E-state index contributed by atoms with van der Waals surface area (Å²) in [5.41, 5.74) is 3.29. The zero-order valence-electron chi connectivity index (χ0n) is 19.6. The van der Waals surface area contributed by atoms with E-state index in [0.29, 0.717) is 17.9 Å². The van der Waals surface area contributed by atoms with Crippen molar-refractivity contribution in [3.8, 4) is 11.3 Å². The van der Waals surface area contributed by atoms with Gasteiger partial charge in [0.2, 0.25) is 5.88 Å². The second kappa shape index (κ2) is 9.80. The maximum absolute atomic E-state index is 6.04. The van der Waals surface area contributed by atoms with Gasteiger partial charge in [0.05, 0.1) is 0 Å². The molecule has 33 heavy (non-hydrogen) atoms. The fourth-order valence-corrected chi connectivity index (χ4v) is 5.42. The van der Waals surface area contributed by atoms with Crippen LogP contribution in [0.2, 0.25) is 0 Å². The first-order valence-electron chi connectivity index (χ1n) is 12.2. The van der Waals surface area contributed by atoms with Crippen LogP contribution < -0.4 is 10.2 Å². The molecule has 1 aliphatic heterocycles. The Kier molecular flexibility index (Phi) is 6.45. The second-order valence-corrected chi connectivity index (χ2v) is 9.52. The van der Waals surface area contributed by atoms with Crippen molar-refractivity contribution in [2.24, 2.45) is 11.8 Å². The molecule has 2 atom stereocenters. The lowest BCUT2D eigenvalue weighted by Gasteiger charge is -2.41. The molecule has 4 nitrogen and oxygen atoms in total. The van der Waals surface area contributed by atoms with Crippen molar-refractivity contribution < 1.29 is 4.52 Å². The molecule has 170 valence electrons. The third-order valence-corrected chi connectivity index (χ3v) is 6.93. The summed E-state index contributed by atoms with van der Waals surface area (Å²) >= 11 is 0. The Morgan fingerprint density at radius 1 is 1.00 bits per heavy atom. The first kappa shape index (κ1) is 21.7. The van der Waals surface area contributed by atoms with Crippen molar-refractivity contribution in [1.29, 1.82) is 0 Å². The number of aromatic nitrogens is 1. The first-order chi connectivity index (χ1) is 16.2. The van der Waals surface area contributed by atoms with Crippen LogP contribution in [0.1, 0.15) is 32.3 Å². The minimum atomic E-state index is 0.355. The summed E-state index contributed by atoms with van der Waals surface area (Å²) < 4.78 is 6.04. The van der Waals surface area contributed by atoms with Crippen molar-refractivity contribution >= 4 is 16.7 Å². The normalized spacial score (nSPS) is 17.4. The molecule has 0 bridgehead atoms. The molecular weight excluding hydrogens is 406 g/mol. The summed E-state index contributed by atoms with van der Waals surface area (Å²) in [6.45, 7) is 7.64. The Morgan fingerprint density at radius 3 is 2.58 bits per heavy atom. The van der Waals surface area contributed by atoms with E-state index in [4.69, 9.17) is 4.52 Å². The number of benzene rings is 3. The van der Waals surface area contributed by atoms with Crippen LogP contribution in [-0.4, -0.2) is 24.3 Å². The molecule has 1 N–H and O–H groups in total. The van der Waals surface area contributed by atoms with E-state index in [2.05, 4.69) is 89.9 Å².